The summed E-state index contributed by atoms with van der Waals surface area (Å²) in [6, 6.07) is 4.61. The number of hydrogen-bond donors (Lipinski definition) is 1. The lowest BCUT2D eigenvalue weighted by Gasteiger charge is -2.19. The molecule has 1 aromatic rings. The molecule has 0 bridgehead atoms. The second-order valence-electron chi connectivity index (χ2n) is 5.86. The maximum Gasteiger partial charge on any atom is 0.293 e. The average Bonchev–Trinajstić information content (AvgIpc) is 3.30. The highest BCUT2D eigenvalue weighted by molar-refractivity contribution is 5.97. The Morgan fingerprint density at radius 3 is 2.48 bits per heavy atom. The van der Waals surface area contributed by atoms with Crippen molar-refractivity contribution in [3.05, 3.63) is 33.9 Å². The predicted molar refractivity (Wildman–Crippen MR) is 85.4 cm³/mol. The summed E-state index contributed by atoms with van der Waals surface area (Å²) in [6.07, 6.45) is 1.99. The molecule has 1 N–H and O–H groups in total. The highest BCUT2D eigenvalue weighted by Gasteiger charge is 2.26. The molecule has 0 atom stereocenters. The first kappa shape index (κ1) is 16.7. The van der Waals surface area contributed by atoms with Crippen molar-refractivity contribution in [3.63, 3.8) is 0 Å². The number of nitrogens with one attached hydrogen (secondary N) is 1. The number of likely N-dealkylation sites (N-methyl/N-ethyl adjacent to an activating group) is 2. The van der Waals surface area contributed by atoms with Gasteiger partial charge in [0.25, 0.3) is 11.6 Å². The Kier molecular flexibility index (Phi) is 4.83. The number of anilines is 1. The number of carbonyl (C=O) groups is 2. The van der Waals surface area contributed by atoms with Crippen molar-refractivity contribution in [3.8, 4) is 0 Å². The summed E-state index contributed by atoms with van der Waals surface area (Å²) in [5, 5.41) is 14.3. The van der Waals surface area contributed by atoms with E-state index < -0.39 is 10.8 Å². The predicted octanol–water partition coefficient (Wildman–Crippen LogP) is 1.33. The summed E-state index contributed by atoms with van der Waals surface area (Å²) in [5.74, 6) is -0.649. The molecule has 0 saturated heterocycles. The van der Waals surface area contributed by atoms with Crippen LogP contribution in [0.5, 0.6) is 0 Å². The number of rotatable bonds is 6. The number of amides is 2. The number of nitrogens with zero attached hydrogens (tertiary/aromatic N) is 3. The maximum atomic E-state index is 12.3. The quantitative estimate of drug-likeness (QED) is 0.630. The Morgan fingerprint density at radius 1 is 1.30 bits per heavy atom. The molecule has 0 aromatic heterocycles. The molecule has 1 saturated carbocycles. The smallest absolute Gasteiger partial charge is 0.293 e. The van der Waals surface area contributed by atoms with Crippen molar-refractivity contribution < 1.29 is 14.5 Å². The van der Waals surface area contributed by atoms with Crippen LogP contribution < -0.4 is 5.32 Å². The van der Waals surface area contributed by atoms with Gasteiger partial charge in [0.1, 0.15) is 5.69 Å². The first-order chi connectivity index (χ1) is 10.8. The fraction of sp³-hybridized carbons (Fsp3) is 0.467. The summed E-state index contributed by atoms with van der Waals surface area (Å²) in [6.45, 7) is -0.0816. The number of nitro groups is 1. The molecule has 1 aliphatic rings. The van der Waals surface area contributed by atoms with E-state index in [9.17, 15) is 19.7 Å². The third-order valence-electron chi connectivity index (χ3n) is 3.60. The first-order valence-electron chi connectivity index (χ1n) is 7.30. The van der Waals surface area contributed by atoms with Gasteiger partial charge in [0.15, 0.2) is 0 Å². The standard InChI is InChI=1S/C15H20N4O4/c1-17(2)14(20)9-18(3)15(21)10-4-7-12(16-11-5-6-11)13(8-10)19(22)23/h4,7-8,11,16H,5-6,9H2,1-3H3. The van der Waals surface area contributed by atoms with Gasteiger partial charge in [0.2, 0.25) is 5.91 Å². The molecule has 2 rings (SSSR count). The lowest BCUT2D eigenvalue weighted by atomic mass is 10.1. The molecule has 1 aromatic carbocycles. The lowest BCUT2D eigenvalue weighted by Crippen LogP contribution is -2.37. The molecule has 8 nitrogen and oxygen atoms in total. The van der Waals surface area contributed by atoms with Crippen LogP contribution in [-0.4, -0.2) is 60.3 Å². The van der Waals surface area contributed by atoms with E-state index in [0.29, 0.717) is 5.69 Å². The van der Waals surface area contributed by atoms with E-state index in [1.54, 1.807) is 20.2 Å². The van der Waals surface area contributed by atoms with Gasteiger partial charge >= 0.3 is 0 Å². The lowest BCUT2D eigenvalue weighted by molar-refractivity contribution is -0.384. The van der Waals surface area contributed by atoms with E-state index in [1.807, 2.05) is 0 Å². The Labute approximate surface area is 134 Å². The van der Waals surface area contributed by atoms with E-state index in [1.165, 1.54) is 29.0 Å². The van der Waals surface area contributed by atoms with E-state index >= 15 is 0 Å². The van der Waals surface area contributed by atoms with Gasteiger partial charge in [-0.05, 0) is 25.0 Å². The van der Waals surface area contributed by atoms with Gasteiger partial charge in [-0.3, -0.25) is 19.7 Å². The van der Waals surface area contributed by atoms with Gasteiger partial charge in [-0.2, -0.15) is 0 Å². The molecule has 0 aliphatic heterocycles. The zero-order chi connectivity index (χ0) is 17.1. The van der Waals surface area contributed by atoms with Crippen LogP contribution in [0.15, 0.2) is 18.2 Å². The van der Waals surface area contributed by atoms with Crippen LogP contribution in [0, 0.1) is 10.1 Å². The normalized spacial score (nSPS) is 13.3. The van der Waals surface area contributed by atoms with Crippen LogP contribution in [-0.2, 0) is 4.79 Å². The fourth-order valence-electron chi connectivity index (χ4n) is 2.02. The second kappa shape index (κ2) is 6.64. The Bertz CT molecular complexity index is 640. The fourth-order valence-corrected chi connectivity index (χ4v) is 2.02. The van der Waals surface area contributed by atoms with Crippen molar-refractivity contribution in [2.75, 3.05) is 33.0 Å². The van der Waals surface area contributed by atoms with Crippen LogP contribution >= 0.6 is 0 Å². The van der Waals surface area contributed by atoms with Crippen LogP contribution in [0.3, 0.4) is 0 Å². The zero-order valence-electron chi connectivity index (χ0n) is 13.4. The van der Waals surface area contributed by atoms with Crippen molar-refractivity contribution in [2.45, 2.75) is 18.9 Å². The maximum absolute atomic E-state index is 12.3. The average molecular weight is 320 g/mol. The molecule has 0 spiro atoms. The SMILES string of the molecule is CN(C)C(=O)CN(C)C(=O)c1ccc(NC2CC2)c([N+](=O)[O-])c1. The second-order valence-corrected chi connectivity index (χ2v) is 5.86. The van der Waals surface area contributed by atoms with Crippen LogP contribution in [0.4, 0.5) is 11.4 Å². The molecule has 0 heterocycles. The van der Waals surface area contributed by atoms with Gasteiger partial charge in [-0.25, -0.2) is 0 Å². The molecule has 124 valence electrons. The molecule has 1 fully saturated rings. The third-order valence-corrected chi connectivity index (χ3v) is 3.60. The largest absolute Gasteiger partial charge is 0.377 e. The van der Waals surface area contributed by atoms with Gasteiger partial charge in [0, 0.05) is 38.8 Å². The number of hydrogen-bond acceptors (Lipinski definition) is 5. The number of nitro benzene ring substituents is 1. The summed E-state index contributed by atoms with van der Waals surface area (Å²) in [4.78, 5) is 37.3. The first-order valence-corrected chi connectivity index (χ1v) is 7.30. The van der Waals surface area contributed by atoms with Crippen LogP contribution in [0.25, 0.3) is 0 Å². The molecule has 2 amide bonds. The topological polar surface area (TPSA) is 95.8 Å². The van der Waals surface area contributed by atoms with E-state index in [4.69, 9.17) is 0 Å². The van der Waals surface area contributed by atoms with E-state index in [2.05, 4.69) is 5.32 Å². The molecular formula is C15H20N4O4. The van der Waals surface area contributed by atoms with Gasteiger partial charge in [0.05, 0.1) is 11.5 Å². The Hall–Kier alpha value is -2.64. The highest BCUT2D eigenvalue weighted by Crippen LogP contribution is 2.31. The summed E-state index contributed by atoms with van der Waals surface area (Å²) >= 11 is 0. The monoisotopic (exact) mass is 320 g/mol. The van der Waals surface area contributed by atoms with E-state index in [0.717, 1.165) is 12.8 Å². The van der Waals surface area contributed by atoms with Crippen molar-refractivity contribution in [1.82, 2.24) is 9.80 Å². The summed E-state index contributed by atoms with van der Waals surface area (Å²) in [7, 11) is 4.69. The molecule has 0 unspecified atom stereocenters. The molecular weight excluding hydrogens is 300 g/mol. The minimum Gasteiger partial charge on any atom is -0.377 e. The minimum atomic E-state index is -0.507. The van der Waals surface area contributed by atoms with Crippen molar-refractivity contribution >= 4 is 23.2 Å². The van der Waals surface area contributed by atoms with E-state index in [-0.39, 0.29) is 29.7 Å². The summed E-state index contributed by atoms with van der Waals surface area (Å²) in [5.41, 5.74) is 0.475. The van der Waals surface area contributed by atoms with Gasteiger partial charge in [-0.1, -0.05) is 0 Å². The summed E-state index contributed by atoms with van der Waals surface area (Å²) < 4.78 is 0. The highest BCUT2D eigenvalue weighted by atomic mass is 16.6. The molecule has 0 radical (unpaired) electrons. The van der Waals surface area contributed by atoms with Gasteiger partial charge in [-0.15, -0.1) is 0 Å². The number of benzene rings is 1. The molecule has 8 heteroatoms. The van der Waals surface area contributed by atoms with Crippen LogP contribution in [0.1, 0.15) is 23.2 Å². The number of carbonyl (C=O) groups excluding carboxylic acids is 2. The Balaban J connectivity index is 2.18. The van der Waals surface area contributed by atoms with Crippen LogP contribution in [0.2, 0.25) is 0 Å². The molecule has 1 aliphatic carbocycles. The third kappa shape index (κ3) is 4.18. The van der Waals surface area contributed by atoms with Crippen molar-refractivity contribution in [1.29, 1.82) is 0 Å². The van der Waals surface area contributed by atoms with Gasteiger partial charge < -0.3 is 15.1 Å². The Morgan fingerprint density at radius 2 is 1.96 bits per heavy atom. The van der Waals surface area contributed by atoms with Crippen molar-refractivity contribution in [2.24, 2.45) is 0 Å². The minimum absolute atomic E-state index is 0.0816. The molecule has 23 heavy (non-hydrogen) atoms. The zero-order valence-corrected chi connectivity index (χ0v) is 13.4.